The maximum absolute atomic E-state index is 5.83. The second-order valence-corrected chi connectivity index (χ2v) is 2.44. The molecule has 0 saturated carbocycles. The van der Waals surface area contributed by atoms with Crippen LogP contribution in [0.2, 0.25) is 5.02 Å². The van der Waals surface area contributed by atoms with Gasteiger partial charge in [0.25, 0.3) is 0 Å². The predicted octanol–water partition coefficient (Wildman–Crippen LogP) is 3.02. The van der Waals surface area contributed by atoms with Gasteiger partial charge in [-0.2, -0.15) is 0 Å². The van der Waals surface area contributed by atoms with Crippen LogP contribution in [0.5, 0.6) is 0 Å². The Morgan fingerprint density at radius 1 is 1.27 bits per heavy atom. The van der Waals surface area contributed by atoms with Crippen molar-refractivity contribution >= 4 is 23.8 Å². The summed E-state index contributed by atoms with van der Waals surface area (Å²) in [5.74, 6) is 0. The van der Waals surface area contributed by atoms with E-state index in [1.807, 2.05) is 0 Å². The number of halogens is 1. The topological polar surface area (TPSA) is 12.9 Å². The summed E-state index contributed by atoms with van der Waals surface area (Å²) in [5.41, 5.74) is 1.80. The molecule has 0 amide bonds. The lowest BCUT2D eigenvalue weighted by molar-refractivity contribution is 1.31. The van der Waals surface area contributed by atoms with Crippen LogP contribution in [-0.4, -0.2) is 4.98 Å². The van der Waals surface area contributed by atoms with Crippen LogP contribution in [-0.2, 0) is 0 Å². The summed E-state index contributed by atoms with van der Waals surface area (Å²) < 4.78 is 0. The fourth-order valence-corrected chi connectivity index (χ4v) is 1.08. The molecule has 0 aliphatic rings. The van der Waals surface area contributed by atoms with Crippen molar-refractivity contribution in [2.45, 2.75) is 0 Å². The number of aromatic nitrogens is 1. The number of nitrogens with zero attached hydrogens (tertiary/aromatic N) is 1. The van der Waals surface area contributed by atoms with Crippen molar-refractivity contribution in [3.63, 3.8) is 0 Å². The molecule has 1 aromatic heterocycles. The van der Waals surface area contributed by atoms with Gasteiger partial charge in [0.05, 0.1) is 5.02 Å². The van der Waals surface area contributed by atoms with E-state index >= 15 is 0 Å². The third-order valence-corrected chi connectivity index (χ3v) is 1.70. The smallest absolute Gasteiger partial charge is 0.0667 e. The minimum absolute atomic E-state index is 0.609. The Kier molecular flexibility index (Phi) is 2.44. The van der Waals surface area contributed by atoms with Crippen molar-refractivity contribution in [2.24, 2.45) is 0 Å². The van der Waals surface area contributed by atoms with Gasteiger partial charge < -0.3 is 0 Å². The van der Waals surface area contributed by atoms with Crippen molar-refractivity contribution in [1.82, 2.24) is 4.98 Å². The first-order chi connectivity index (χ1) is 5.29. The lowest BCUT2D eigenvalue weighted by Crippen LogP contribution is -1.83. The molecule has 1 heterocycles. The lowest BCUT2D eigenvalue weighted by atomic mass is 10.1. The van der Waals surface area contributed by atoms with E-state index in [-0.39, 0.29) is 0 Å². The Morgan fingerprint density at radius 2 is 2.00 bits per heavy atom. The first kappa shape index (κ1) is 8.02. The van der Waals surface area contributed by atoms with E-state index < -0.39 is 0 Å². The molecule has 0 saturated heterocycles. The first-order valence-corrected chi connectivity index (χ1v) is 3.55. The molecule has 1 rings (SSSR count). The molecule has 0 atom stereocenters. The molecule has 0 aliphatic carbocycles. The van der Waals surface area contributed by atoms with E-state index in [1.54, 1.807) is 24.5 Å². The van der Waals surface area contributed by atoms with E-state index in [2.05, 4.69) is 18.1 Å². The van der Waals surface area contributed by atoms with Gasteiger partial charge in [-0.25, -0.2) is 0 Å². The van der Waals surface area contributed by atoms with Crippen LogP contribution >= 0.6 is 11.6 Å². The molecule has 0 unspecified atom stereocenters. The van der Waals surface area contributed by atoms with E-state index in [4.69, 9.17) is 11.6 Å². The normalized spacial score (nSPS) is 9.18. The average Bonchev–Trinajstić information content (AvgIpc) is 2.04. The van der Waals surface area contributed by atoms with E-state index in [0.717, 1.165) is 11.1 Å². The Bertz CT molecular complexity index is 292. The fourth-order valence-electron chi connectivity index (χ4n) is 0.838. The van der Waals surface area contributed by atoms with Gasteiger partial charge in [0, 0.05) is 23.5 Å². The van der Waals surface area contributed by atoms with Crippen LogP contribution in [0.25, 0.3) is 12.2 Å². The highest BCUT2D eigenvalue weighted by Crippen LogP contribution is 2.19. The molecule has 0 spiro atoms. The minimum atomic E-state index is 0.609. The Morgan fingerprint density at radius 3 is 2.45 bits per heavy atom. The van der Waals surface area contributed by atoms with Gasteiger partial charge in [0.2, 0.25) is 0 Å². The Balaban J connectivity index is 3.35. The molecular weight excluding hydrogens is 158 g/mol. The average molecular weight is 166 g/mol. The lowest BCUT2D eigenvalue weighted by Gasteiger charge is -2.00. The van der Waals surface area contributed by atoms with Crippen molar-refractivity contribution in [2.75, 3.05) is 0 Å². The van der Waals surface area contributed by atoms with Gasteiger partial charge in [-0.15, -0.1) is 0 Å². The van der Waals surface area contributed by atoms with Gasteiger partial charge in [0.1, 0.15) is 0 Å². The van der Waals surface area contributed by atoms with Crippen molar-refractivity contribution in [3.8, 4) is 0 Å². The number of hydrogen-bond acceptors (Lipinski definition) is 1. The number of pyridine rings is 1. The van der Waals surface area contributed by atoms with Gasteiger partial charge >= 0.3 is 0 Å². The third kappa shape index (κ3) is 1.49. The molecule has 0 aliphatic heterocycles. The van der Waals surface area contributed by atoms with Crippen molar-refractivity contribution in [3.05, 3.63) is 41.7 Å². The van der Waals surface area contributed by atoms with E-state index in [9.17, 15) is 0 Å². The fraction of sp³-hybridized carbons (Fsp3) is 0. The van der Waals surface area contributed by atoms with Gasteiger partial charge in [-0.3, -0.25) is 4.98 Å². The van der Waals surface area contributed by atoms with Gasteiger partial charge in [0.15, 0.2) is 0 Å². The summed E-state index contributed by atoms with van der Waals surface area (Å²) in [4.78, 5) is 3.91. The van der Waals surface area contributed by atoms with Crippen molar-refractivity contribution in [1.29, 1.82) is 0 Å². The van der Waals surface area contributed by atoms with Gasteiger partial charge in [-0.05, 0) is 0 Å². The molecule has 2 heteroatoms. The third-order valence-electron chi connectivity index (χ3n) is 1.39. The Hall–Kier alpha value is -1.08. The molecule has 1 nitrogen and oxygen atoms in total. The highest BCUT2D eigenvalue weighted by molar-refractivity contribution is 6.32. The summed E-state index contributed by atoms with van der Waals surface area (Å²) in [6.45, 7) is 7.27. The molecule has 0 aromatic carbocycles. The molecule has 0 N–H and O–H groups in total. The molecule has 11 heavy (non-hydrogen) atoms. The first-order valence-electron chi connectivity index (χ1n) is 3.18. The zero-order valence-electron chi connectivity index (χ0n) is 6.05. The molecule has 0 fully saturated rings. The monoisotopic (exact) mass is 165 g/mol. The maximum Gasteiger partial charge on any atom is 0.0667 e. The predicted molar refractivity (Wildman–Crippen MR) is 49.4 cm³/mol. The van der Waals surface area contributed by atoms with E-state index in [1.165, 1.54) is 0 Å². The van der Waals surface area contributed by atoms with Crippen LogP contribution in [0.3, 0.4) is 0 Å². The second-order valence-electron chi connectivity index (χ2n) is 2.03. The molecular formula is C9H8ClN. The summed E-state index contributed by atoms with van der Waals surface area (Å²) in [7, 11) is 0. The highest BCUT2D eigenvalue weighted by atomic mass is 35.5. The summed E-state index contributed by atoms with van der Waals surface area (Å²) in [5, 5.41) is 0.609. The zero-order valence-corrected chi connectivity index (χ0v) is 6.80. The number of hydrogen-bond donors (Lipinski definition) is 0. The molecule has 56 valence electrons. The minimum Gasteiger partial charge on any atom is -0.263 e. The SMILES string of the molecule is C=Cc1cncc(Cl)c1C=C. The molecule has 1 aromatic rings. The molecule has 0 radical (unpaired) electrons. The van der Waals surface area contributed by atoms with Crippen LogP contribution < -0.4 is 0 Å². The second kappa shape index (κ2) is 3.35. The zero-order chi connectivity index (χ0) is 8.27. The Labute approximate surface area is 71.0 Å². The largest absolute Gasteiger partial charge is 0.263 e. The van der Waals surface area contributed by atoms with Crippen LogP contribution in [0.1, 0.15) is 11.1 Å². The summed E-state index contributed by atoms with van der Waals surface area (Å²) in [6.07, 6.45) is 6.69. The summed E-state index contributed by atoms with van der Waals surface area (Å²) in [6, 6.07) is 0. The number of rotatable bonds is 2. The van der Waals surface area contributed by atoms with Gasteiger partial charge in [-0.1, -0.05) is 36.9 Å². The summed E-state index contributed by atoms with van der Waals surface area (Å²) >= 11 is 5.83. The molecule has 0 bridgehead atoms. The van der Waals surface area contributed by atoms with Crippen LogP contribution in [0.15, 0.2) is 25.6 Å². The van der Waals surface area contributed by atoms with Crippen molar-refractivity contribution < 1.29 is 0 Å². The highest BCUT2D eigenvalue weighted by Gasteiger charge is 1.99. The quantitative estimate of drug-likeness (QED) is 0.657. The van der Waals surface area contributed by atoms with Crippen LogP contribution in [0, 0.1) is 0 Å². The van der Waals surface area contributed by atoms with Crippen LogP contribution in [0.4, 0.5) is 0 Å². The standard InChI is InChI=1S/C9H8ClN/c1-3-7-5-11-6-9(10)8(7)4-2/h3-6H,1-2H2. The maximum atomic E-state index is 5.83. The van der Waals surface area contributed by atoms with E-state index in [0.29, 0.717) is 5.02 Å².